The zero-order chi connectivity index (χ0) is 21.7. The molecule has 2 amide bonds. The standard InChI is InChI=1S/C21H23IN4O3S/c1-26(2)19-7-3-6-18-17(19)5-4-8-20(18)30(28,29)24-14-13-23-21(27)25-16-11-9-15(22)10-12-16/h3-12,24H,13-14H2,1-2H3,(H2,23,25,27). The molecule has 158 valence electrons. The van der Waals surface area contributed by atoms with Crippen molar-refractivity contribution in [2.45, 2.75) is 4.90 Å². The zero-order valence-electron chi connectivity index (χ0n) is 16.6. The van der Waals surface area contributed by atoms with E-state index in [1.807, 2.05) is 49.3 Å². The highest BCUT2D eigenvalue weighted by Crippen LogP contribution is 2.29. The molecule has 30 heavy (non-hydrogen) atoms. The number of benzene rings is 3. The van der Waals surface area contributed by atoms with Crippen molar-refractivity contribution in [2.24, 2.45) is 0 Å². The van der Waals surface area contributed by atoms with Crippen molar-refractivity contribution >= 4 is 60.8 Å². The molecular formula is C21H23IN4O3S. The van der Waals surface area contributed by atoms with Crippen LogP contribution >= 0.6 is 22.6 Å². The fourth-order valence-corrected chi connectivity index (χ4v) is 4.65. The van der Waals surface area contributed by atoms with Gasteiger partial charge in [-0.1, -0.05) is 24.3 Å². The highest BCUT2D eigenvalue weighted by Gasteiger charge is 2.18. The molecule has 0 bridgehead atoms. The number of nitrogens with one attached hydrogen (secondary N) is 3. The largest absolute Gasteiger partial charge is 0.377 e. The van der Waals surface area contributed by atoms with E-state index in [0.717, 1.165) is 14.6 Å². The predicted octanol–water partition coefficient (Wildman–Crippen LogP) is 3.61. The smallest absolute Gasteiger partial charge is 0.319 e. The molecule has 0 aromatic heterocycles. The Balaban J connectivity index is 1.62. The van der Waals surface area contributed by atoms with Crippen LogP contribution in [0.4, 0.5) is 16.2 Å². The molecule has 9 heteroatoms. The number of sulfonamides is 1. The van der Waals surface area contributed by atoms with Crippen LogP contribution in [0, 0.1) is 3.57 Å². The quantitative estimate of drug-likeness (QED) is 0.317. The van der Waals surface area contributed by atoms with Gasteiger partial charge in [0.1, 0.15) is 0 Å². The highest BCUT2D eigenvalue weighted by atomic mass is 127. The van der Waals surface area contributed by atoms with E-state index in [2.05, 4.69) is 37.9 Å². The molecule has 0 saturated carbocycles. The van der Waals surface area contributed by atoms with Gasteiger partial charge in [0.25, 0.3) is 0 Å². The van der Waals surface area contributed by atoms with Crippen LogP contribution in [0.5, 0.6) is 0 Å². The van der Waals surface area contributed by atoms with E-state index in [1.54, 1.807) is 30.3 Å². The summed E-state index contributed by atoms with van der Waals surface area (Å²) in [5, 5.41) is 6.86. The van der Waals surface area contributed by atoms with Gasteiger partial charge in [0.05, 0.1) is 4.90 Å². The van der Waals surface area contributed by atoms with Crippen molar-refractivity contribution in [3.05, 3.63) is 64.2 Å². The summed E-state index contributed by atoms with van der Waals surface area (Å²) in [5.74, 6) is 0. The Morgan fingerprint density at radius 3 is 2.30 bits per heavy atom. The summed E-state index contributed by atoms with van der Waals surface area (Å²) in [5.41, 5.74) is 1.61. The van der Waals surface area contributed by atoms with Gasteiger partial charge in [-0.05, 0) is 59.0 Å². The molecule has 0 aliphatic rings. The Labute approximate surface area is 190 Å². The first-order valence-electron chi connectivity index (χ1n) is 9.27. The van der Waals surface area contributed by atoms with Crippen LogP contribution in [0.25, 0.3) is 10.8 Å². The van der Waals surface area contributed by atoms with Gasteiger partial charge in [0.2, 0.25) is 10.0 Å². The van der Waals surface area contributed by atoms with Gasteiger partial charge in [-0.25, -0.2) is 17.9 Å². The van der Waals surface area contributed by atoms with Crippen LogP contribution < -0.4 is 20.3 Å². The fraction of sp³-hybridized carbons (Fsp3) is 0.190. The minimum absolute atomic E-state index is 0.0756. The molecule has 0 aliphatic heterocycles. The van der Waals surface area contributed by atoms with E-state index >= 15 is 0 Å². The zero-order valence-corrected chi connectivity index (χ0v) is 19.6. The van der Waals surface area contributed by atoms with Crippen LogP contribution in [0.3, 0.4) is 0 Å². The number of carbonyl (C=O) groups is 1. The fourth-order valence-electron chi connectivity index (χ4n) is 3.04. The Hall–Kier alpha value is -2.37. The van der Waals surface area contributed by atoms with Gasteiger partial charge in [0, 0.05) is 52.9 Å². The lowest BCUT2D eigenvalue weighted by Gasteiger charge is -2.17. The molecule has 3 aromatic rings. The van der Waals surface area contributed by atoms with Gasteiger partial charge >= 0.3 is 6.03 Å². The normalized spacial score (nSPS) is 11.3. The Morgan fingerprint density at radius 1 is 0.933 bits per heavy atom. The van der Waals surface area contributed by atoms with E-state index in [0.29, 0.717) is 11.1 Å². The number of halogens is 1. The van der Waals surface area contributed by atoms with E-state index in [4.69, 9.17) is 0 Å². The number of amides is 2. The monoisotopic (exact) mass is 538 g/mol. The first kappa shape index (κ1) is 22.3. The lowest BCUT2D eigenvalue weighted by Crippen LogP contribution is -2.36. The number of hydrogen-bond donors (Lipinski definition) is 3. The van der Waals surface area contributed by atoms with Crippen molar-refractivity contribution in [1.82, 2.24) is 10.0 Å². The molecule has 3 N–H and O–H groups in total. The van der Waals surface area contributed by atoms with Crippen molar-refractivity contribution < 1.29 is 13.2 Å². The molecule has 0 radical (unpaired) electrons. The maximum Gasteiger partial charge on any atom is 0.319 e. The minimum Gasteiger partial charge on any atom is -0.377 e. The molecule has 0 saturated heterocycles. The molecule has 3 aromatic carbocycles. The SMILES string of the molecule is CN(C)c1cccc2c(S(=O)(=O)NCCNC(=O)Nc3ccc(I)cc3)cccc12. The molecule has 0 aliphatic carbocycles. The average Bonchev–Trinajstić information content (AvgIpc) is 2.72. The van der Waals surface area contributed by atoms with Crippen molar-refractivity contribution in [3.8, 4) is 0 Å². The van der Waals surface area contributed by atoms with Crippen LogP contribution in [0.15, 0.2) is 65.6 Å². The summed E-state index contributed by atoms with van der Waals surface area (Å²) in [6.07, 6.45) is 0. The van der Waals surface area contributed by atoms with Gasteiger partial charge < -0.3 is 15.5 Å². The summed E-state index contributed by atoms with van der Waals surface area (Å²) in [4.78, 5) is 14.1. The summed E-state index contributed by atoms with van der Waals surface area (Å²) in [6, 6.07) is 17.8. The van der Waals surface area contributed by atoms with Crippen LogP contribution in [0.2, 0.25) is 0 Å². The first-order chi connectivity index (χ1) is 14.3. The van der Waals surface area contributed by atoms with Crippen molar-refractivity contribution in [1.29, 1.82) is 0 Å². The third-order valence-corrected chi connectivity index (χ3v) is 6.67. The Morgan fingerprint density at radius 2 is 1.60 bits per heavy atom. The van der Waals surface area contributed by atoms with Gasteiger partial charge in [0.15, 0.2) is 0 Å². The van der Waals surface area contributed by atoms with E-state index in [9.17, 15) is 13.2 Å². The maximum absolute atomic E-state index is 12.8. The van der Waals surface area contributed by atoms with Gasteiger partial charge in [-0.2, -0.15) is 0 Å². The van der Waals surface area contributed by atoms with Crippen molar-refractivity contribution in [3.63, 3.8) is 0 Å². The maximum atomic E-state index is 12.8. The third kappa shape index (κ3) is 5.41. The Bertz CT molecular complexity index is 1150. The molecule has 3 rings (SSSR count). The average molecular weight is 538 g/mol. The number of hydrogen-bond acceptors (Lipinski definition) is 4. The number of nitrogens with zero attached hydrogens (tertiary/aromatic N) is 1. The Kier molecular flexibility index (Phi) is 7.16. The van der Waals surface area contributed by atoms with Crippen molar-refractivity contribution in [2.75, 3.05) is 37.4 Å². The molecule has 0 fully saturated rings. The van der Waals surface area contributed by atoms with Crippen LogP contribution in [0.1, 0.15) is 0 Å². The van der Waals surface area contributed by atoms with Crippen LogP contribution in [-0.4, -0.2) is 41.6 Å². The lowest BCUT2D eigenvalue weighted by molar-refractivity contribution is 0.252. The first-order valence-corrected chi connectivity index (χ1v) is 11.8. The molecule has 7 nitrogen and oxygen atoms in total. The second kappa shape index (κ2) is 9.63. The van der Waals surface area contributed by atoms with Crippen LogP contribution in [-0.2, 0) is 10.0 Å². The molecule has 0 heterocycles. The van der Waals surface area contributed by atoms with Gasteiger partial charge in [-0.15, -0.1) is 0 Å². The molecule has 0 unspecified atom stereocenters. The predicted molar refractivity (Wildman–Crippen MR) is 130 cm³/mol. The number of anilines is 2. The third-order valence-electron chi connectivity index (χ3n) is 4.44. The molecular weight excluding hydrogens is 515 g/mol. The molecule has 0 atom stereocenters. The van der Waals surface area contributed by atoms with E-state index < -0.39 is 16.1 Å². The summed E-state index contributed by atoms with van der Waals surface area (Å²) in [7, 11) is 0.104. The van der Waals surface area contributed by atoms with E-state index in [1.165, 1.54) is 0 Å². The summed E-state index contributed by atoms with van der Waals surface area (Å²) in [6.45, 7) is 0.231. The number of carbonyl (C=O) groups excluding carboxylic acids is 1. The second-order valence-electron chi connectivity index (χ2n) is 6.81. The molecule has 0 spiro atoms. The van der Waals surface area contributed by atoms with Gasteiger partial charge in [-0.3, -0.25) is 0 Å². The summed E-state index contributed by atoms with van der Waals surface area (Å²) >= 11 is 2.18. The lowest BCUT2D eigenvalue weighted by atomic mass is 10.1. The number of rotatable bonds is 7. The number of fused-ring (bicyclic) bond motifs is 1. The highest BCUT2D eigenvalue weighted by molar-refractivity contribution is 14.1. The summed E-state index contributed by atoms with van der Waals surface area (Å²) < 4.78 is 29.3. The topological polar surface area (TPSA) is 90.5 Å². The second-order valence-corrected chi connectivity index (χ2v) is 9.79. The minimum atomic E-state index is -3.73. The van der Waals surface area contributed by atoms with E-state index in [-0.39, 0.29) is 18.0 Å². The number of urea groups is 1.